The fourth-order valence-corrected chi connectivity index (χ4v) is 4.08. The molecule has 28 heavy (non-hydrogen) atoms. The van der Waals surface area contributed by atoms with Crippen molar-refractivity contribution in [3.63, 3.8) is 0 Å². The number of sulfone groups is 1. The average Bonchev–Trinajstić information content (AvgIpc) is 2.64. The Morgan fingerprint density at radius 2 is 1.82 bits per heavy atom. The van der Waals surface area contributed by atoms with Gasteiger partial charge in [0.1, 0.15) is 0 Å². The molecule has 0 fully saturated rings. The van der Waals surface area contributed by atoms with Crippen molar-refractivity contribution in [3.05, 3.63) is 69.8 Å². The van der Waals surface area contributed by atoms with Crippen LogP contribution in [0.3, 0.4) is 0 Å². The van der Waals surface area contributed by atoms with Gasteiger partial charge in [0, 0.05) is 0 Å². The van der Waals surface area contributed by atoms with Crippen LogP contribution in [0.2, 0.25) is 0 Å². The van der Waals surface area contributed by atoms with Crippen LogP contribution in [0.25, 0.3) is 10.9 Å². The van der Waals surface area contributed by atoms with Crippen molar-refractivity contribution in [2.24, 2.45) is 0 Å². The van der Waals surface area contributed by atoms with Crippen molar-refractivity contribution in [2.45, 2.75) is 31.5 Å². The lowest BCUT2D eigenvalue weighted by Crippen LogP contribution is -2.23. The van der Waals surface area contributed by atoms with Gasteiger partial charge in [0.05, 0.1) is 40.0 Å². The summed E-state index contributed by atoms with van der Waals surface area (Å²) in [7, 11) is -3.54. The van der Waals surface area contributed by atoms with Gasteiger partial charge < -0.3 is 0 Å². The third kappa shape index (κ3) is 3.80. The van der Waals surface area contributed by atoms with Gasteiger partial charge >= 0.3 is 6.18 Å². The minimum Gasteiger partial charge on any atom is -0.294 e. The molecule has 9 heteroatoms. The second kappa shape index (κ2) is 7.05. The molecule has 0 aliphatic rings. The zero-order valence-electron chi connectivity index (χ0n) is 15.1. The topological polar surface area (TPSA) is 69.0 Å². The molecule has 3 aromatic rings. The average molecular weight is 410 g/mol. The molecule has 1 aromatic heterocycles. The lowest BCUT2D eigenvalue weighted by molar-refractivity contribution is -0.137. The monoisotopic (exact) mass is 410 g/mol. The summed E-state index contributed by atoms with van der Waals surface area (Å²) >= 11 is 0. The normalized spacial score (nSPS) is 12.5. The largest absolute Gasteiger partial charge is 0.416 e. The summed E-state index contributed by atoms with van der Waals surface area (Å²) in [6.07, 6.45) is -3.37. The predicted octanol–water partition coefficient (Wildman–Crippen LogP) is 3.57. The molecule has 0 radical (unpaired) electrons. The summed E-state index contributed by atoms with van der Waals surface area (Å²) in [6.45, 7) is 3.15. The summed E-state index contributed by atoms with van der Waals surface area (Å²) in [5.74, 6) is -0.108. The molecule has 0 amide bonds. The number of halogens is 3. The third-order valence-corrected chi connectivity index (χ3v) is 6.24. The van der Waals surface area contributed by atoms with E-state index < -0.39 is 27.1 Å². The minimum atomic E-state index is -4.58. The molecule has 0 bridgehead atoms. The lowest BCUT2D eigenvalue weighted by atomic mass is 10.1. The highest BCUT2D eigenvalue weighted by atomic mass is 32.2. The molecule has 0 atom stereocenters. The molecular formula is C19H17F3N2O3S. The van der Waals surface area contributed by atoms with Crippen LogP contribution in [0.1, 0.15) is 23.6 Å². The van der Waals surface area contributed by atoms with E-state index in [9.17, 15) is 26.4 Å². The van der Waals surface area contributed by atoms with Crippen molar-refractivity contribution in [1.29, 1.82) is 0 Å². The maximum atomic E-state index is 13.0. The number of hydrogen-bond acceptors (Lipinski definition) is 4. The second-order valence-corrected chi connectivity index (χ2v) is 8.67. The molecule has 1 heterocycles. The first kappa shape index (κ1) is 20.1. The third-order valence-electron chi connectivity index (χ3n) is 4.43. The lowest BCUT2D eigenvalue weighted by Gasteiger charge is -2.13. The van der Waals surface area contributed by atoms with Crippen LogP contribution >= 0.6 is 0 Å². The van der Waals surface area contributed by atoms with Crippen LogP contribution in [-0.2, 0) is 22.6 Å². The fourth-order valence-electron chi connectivity index (χ4n) is 2.87. The van der Waals surface area contributed by atoms with Crippen molar-refractivity contribution in [2.75, 3.05) is 5.75 Å². The molecule has 0 N–H and O–H groups in total. The Balaban J connectivity index is 2.14. The Hall–Kier alpha value is -2.68. The first-order chi connectivity index (χ1) is 13.0. The SMILES string of the molecule is CCS(=O)(=O)c1cc(C)ccc1Cn1cnc2ccc(C(F)(F)F)cc2c1=O. The Labute approximate surface area is 159 Å². The molecule has 0 saturated heterocycles. The molecule has 0 aliphatic carbocycles. The highest BCUT2D eigenvalue weighted by Gasteiger charge is 2.31. The van der Waals surface area contributed by atoms with Gasteiger partial charge in [-0.05, 0) is 42.3 Å². The van der Waals surface area contributed by atoms with E-state index in [1.165, 1.54) is 19.3 Å². The summed E-state index contributed by atoms with van der Waals surface area (Å²) < 4.78 is 64.8. The Kier molecular flexibility index (Phi) is 5.05. The van der Waals surface area contributed by atoms with E-state index in [0.29, 0.717) is 5.56 Å². The van der Waals surface area contributed by atoms with Crippen molar-refractivity contribution >= 4 is 20.7 Å². The molecule has 0 unspecified atom stereocenters. The van der Waals surface area contributed by atoms with Gasteiger partial charge in [0.15, 0.2) is 9.84 Å². The van der Waals surface area contributed by atoms with Gasteiger partial charge in [-0.2, -0.15) is 13.2 Å². The number of nitrogens with zero attached hydrogens (tertiary/aromatic N) is 2. The highest BCUT2D eigenvalue weighted by Crippen LogP contribution is 2.30. The quantitative estimate of drug-likeness (QED) is 0.660. The van der Waals surface area contributed by atoms with E-state index in [1.807, 2.05) is 0 Å². The zero-order valence-corrected chi connectivity index (χ0v) is 15.9. The van der Waals surface area contributed by atoms with Gasteiger partial charge in [0.25, 0.3) is 5.56 Å². The van der Waals surface area contributed by atoms with Gasteiger partial charge in [-0.3, -0.25) is 9.36 Å². The van der Waals surface area contributed by atoms with E-state index in [1.54, 1.807) is 19.1 Å². The molecule has 0 saturated carbocycles. The number of rotatable bonds is 4. The second-order valence-electron chi connectivity index (χ2n) is 6.42. The maximum Gasteiger partial charge on any atom is 0.416 e. The van der Waals surface area contributed by atoms with E-state index in [0.717, 1.165) is 28.3 Å². The molecule has 0 aliphatic heterocycles. The van der Waals surface area contributed by atoms with Crippen LogP contribution in [0.4, 0.5) is 13.2 Å². The number of hydrogen-bond donors (Lipinski definition) is 0. The Morgan fingerprint density at radius 1 is 1.11 bits per heavy atom. The Bertz CT molecular complexity index is 1220. The van der Waals surface area contributed by atoms with E-state index in [-0.39, 0.29) is 28.1 Å². The van der Waals surface area contributed by atoms with Crippen LogP contribution in [-0.4, -0.2) is 23.7 Å². The number of aromatic nitrogens is 2. The Morgan fingerprint density at radius 3 is 2.46 bits per heavy atom. The van der Waals surface area contributed by atoms with Crippen molar-refractivity contribution < 1.29 is 21.6 Å². The molecule has 3 rings (SSSR count). The van der Waals surface area contributed by atoms with Crippen LogP contribution < -0.4 is 5.56 Å². The summed E-state index contributed by atoms with van der Waals surface area (Å²) in [6, 6.07) is 7.61. The summed E-state index contributed by atoms with van der Waals surface area (Å²) in [5, 5.41) is -0.177. The highest BCUT2D eigenvalue weighted by molar-refractivity contribution is 7.91. The summed E-state index contributed by atoms with van der Waals surface area (Å²) in [5.41, 5.74) is -0.352. The number of alkyl halides is 3. The van der Waals surface area contributed by atoms with E-state index in [2.05, 4.69) is 4.98 Å². The molecular weight excluding hydrogens is 393 g/mol. The van der Waals surface area contributed by atoms with Crippen molar-refractivity contribution in [1.82, 2.24) is 9.55 Å². The predicted molar refractivity (Wildman–Crippen MR) is 99.0 cm³/mol. The first-order valence-corrected chi connectivity index (χ1v) is 10.1. The molecule has 2 aromatic carbocycles. The first-order valence-electron chi connectivity index (χ1n) is 8.41. The molecule has 148 valence electrons. The standard InChI is InChI=1S/C19H17F3N2O3S/c1-3-28(26,27)17-8-12(2)4-5-13(17)10-24-11-23-16-7-6-14(19(20,21)22)9-15(16)18(24)25/h4-9,11H,3,10H2,1-2H3. The molecule has 0 spiro atoms. The zero-order chi connectivity index (χ0) is 20.7. The number of fused-ring (bicyclic) bond motifs is 1. The van der Waals surface area contributed by atoms with Crippen molar-refractivity contribution in [3.8, 4) is 0 Å². The summed E-state index contributed by atoms with van der Waals surface area (Å²) in [4.78, 5) is 16.9. The fraction of sp³-hybridized carbons (Fsp3) is 0.263. The van der Waals surface area contributed by atoms with Crippen LogP contribution in [0.15, 0.2) is 52.4 Å². The number of benzene rings is 2. The minimum absolute atomic E-state index is 0.103. The van der Waals surface area contributed by atoms with Crippen LogP contribution in [0.5, 0.6) is 0 Å². The van der Waals surface area contributed by atoms with Crippen LogP contribution in [0, 0.1) is 6.92 Å². The van der Waals surface area contributed by atoms with Gasteiger partial charge in [-0.15, -0.1) is 0 Å². The maximum absolute atomic E-state index is 13.0. The van der Waals surface area contributed by atoms with E-state index in [4.69, 9.17) is 0 Å². The van der Waals surface area contributed by atoms with Gasteiger partial charge in [-0.1, -0.05) is 19.1 Å². The number of aryl methyl sites for hydroxylation is 1. The van der Waals surface area contributed by atoms with Gasteiger partial charge in [0.2, 0.25) is 0 Å². The van der Waals surface area contributed by atoms with Gasteiger partial charge in [-0.25, -0.2) is 13.4 Å². The van der Waals surface area contributed by atoms with E-state index >= 15 is 0 Å². The molecule has 5 nitrogen and oxygen atoms in total. The smallest absolute Gasteiger partial charge is 0.294 e.